The van der Waals surface area contributed by atoms with Gasteiger partial charge in [0.1, 0.15) is 12.0 Å². The van der Waals surface area contributed by atoms with E-state index in [1.54, 1.807) is 12.1 Å². The lowest BCUT2D eigenvalue weighted by molar-refractivity contribution is -0.385. The van der Waals surface area contributed by atoms with Crippen molar-refractivity contribution >= 4 is 23.7 Å². The Morgan fingerprint density at radius 2 is 1.95 bits per heavy atom. The van der Waals surface area contributed by atoms with Crippen LogP contribution in [0.4, 0.5) is 5.69 Å². The summed E-state index contributed by atoms with van der Waals surface area (Å²) in [5, 5.41) is 11.0. The number of rotatable bonds is 5. The van der Waals surface area contributed by atoms with Crippen LogP contribution in [-0.4, -0.2) is 17.5 Å². The van der Waals surface area contributed by atoms with Crippen molar-refractivity contribution in [2.45, 2.75) is 4.90 Å². The minimum absolute atomic E-state index is 0.113. The third-order valence-corrected chi connectivity index (χ3v) is 3.38. The van der Waals surface area contributed by atoms with Crippen molar-refractivity contribution in [1.82, 2.24) is 0 Å². The Bertz CT molecular complexity index is 657. The van der Waals surface area contributed by atoms with Gasteiger partial charge in [-0.3, -0.25) is 14.9 Å². The summed E-state index contributed by atoms with van der Waals surface area (Å²) < 4.78 is 5.61. The molecular formula is C14H11NO4S. The van der Waals surface area contributed by atoms with E-state index in [1.807, 2.05) is 18.4 Å². The summed E-state index contributed by atoms with van der Waals surface area (Å²) in [7, 11) is 0. The molecule has 0 N–H and O–H groups in total. The van der Waals surface area contributed by atoms with E-state index in [-0.39, 0.29) is 17.0 Å². The Hall–Kier alpha value is -2.34. The first-order valence-corrected chi connectivity index (χ1v) is 6.92. The number of aldehydes is 1. The number of hydrogen-bond donors (Lipinski definition) is 0. The van der Waals surface area contributed by atoms with Crippen LogP contribution < -0.4 is 4.74 Å². The first kappa shape index (κ1) is 14.1. The van der Waals surface area contributed by atoms with Crippen LogP contribution in [0.1, 0.15) is 10.4 Å². The molecule has 2 aromatic carbocycles. The highest BCUT2D eigenvalue weighted by Gasteiger charge is 2.17. The smallest absolute Gasteiger partial charge is 0.312 e. The maximum atomic E-state index is 11.0. The Balaban J connectivity index is 2.42. The molecule has 102 valence electrons. The van der Waals surface area contributed by atoms with Crippen molar-refractivity contribution < 1.29 is 14.5 Å². The van der Waals surface area contributed by atoms with Gasteiger partial charge in [-0.1, -0.05) is 12.1 Å². The molecule has 0 radical (unpaired) electrons. The van der Waals surface area contributed by atoms with Crippen LogP contribution in [0, 0.1) is 10.1 Å². The van der Waals surface area contributed by atoms with Crippen LogP contribution in [0.25, 0.3) is 0 Å². The topological polar surface area (TPSA) is 69.4 Å². The SMILES string of the molecule is CSc1ccccc1Oc1ccc(C=O)cc1[N+](=O)[O-]. The number of carbonyl (C=O) groups is 1. The molecule has 0 saturated carbocycles. The number of thioether (sulfide) groups is 1. The van der Waals surface area contributed by atoms with Crippen molar-refractivity contribution in [1.29, 1.82) is 0 Å². The largest absolute Gasteiger partial charge is 0.449 e. The first-order valence-electron chi connectivity index (χ1n) is 5.70. The van der Waals surface area contributed by atoms with Gasteiger partial charge in [-0.05, 0) is 30.5 Å². The third-order valence-electron chi connectivity index (χ3n) is 2.60. The molecule has 20 heavy (non-hydrogen) atoms. The molecule has 0 aliphatic heterocycles. The van der Waals surface area contributed by atoms with Gasteiger partial charge in [0.05, 0.1) is 4.92 Å². The zero-order valence-electron chi connectivity index (χ0n) is 10.6. The van der Waals surface area contributed by atoms with Crippen LogP contribution in [0.15, 0.2) is 47.4 Å². The van der Waals surface area contributed by atoms with Gasteiger partial charge in [-0.2, -0.15) is 0 Å². The van der Waals surface area contributed by atoms with E-state index in [4.69, 9.17) is 4.74 Å². The van der Waals surface area contributed by atoms with E-state index in [0.29, 0.717) is 12.0 Å². The van der Waals surface area contributed by atoms with Gasteiger partial charge in [0, 0.05) is 16.5 Å². The lowest BCUT2D eigenvalue weighted by Gasteiger charge is -2.09. The van der Waals surface area contributed by atoms with Crippen molar-refractivity contribution in [2.24, 2.45) is 0 Å². The molecule has 5 nitrogen and oxygen atoms in total. The summed E-state index contributed by atoms with van der Waals surface area (Å²) >= 11 is 1.49. The van der Waals surface area contributed by atoms with Crippen LogP contribution >= 0.6 is 11.8 Å². The standard InChI is InChI=1S/C14H11NO4S/c1-20-14-5-3-2-4-13(14)19-12-7-6-10(9-16)8-11(12)15(17)18/h2-9H,1H3. The highest BCUT2D eigenvalue weighted by atomic mass is 32.2. The molecule has 0 aromatic heterocycles. The van der Waals surface area contributed by atoms with Gasteiger partial charge in [0.15, 0.2) is 0 Å². The summed E-state index contributed by atoms with van der Waals surface area (Å²) in [5.41, 5.74) is 0.00714. The van der Waals surface area contributed by atoms with E-state index < -0.39 is 4.92 Å². The van der Waals surface area contributed by atoms with Crippen molar-refractivity contribution in [3.8, 4) is 11.5 Å². The summed E-state index contributed by atoms with van der Waals surface area (Å²) in [6, 6.07) is 11.4. The maximum Gasteiger partial charge on any atom is 0.312 e. The Labute approximate surface area is 119 Å². The fourth-order valence-electron chi connectivity index (χ4n) is 1.66. The van der Waals surface area contributed by atoms with Gasteiger partial charge < -0.3 is 4.74 Å². The molecule has 0 saturated heterocycles. The van der Waals surface area contributed by atoms with E-state index in [2.05, 4.69) is 0 Å². The second kappa shape index (κ2) is 6.21. The number of nitro groups is 1. The molecule has 0 heterocycles. The van der Waals surface area contributed by atoms with Crippen LogP contribution in [0.3, 0.4) is 0 Å². The van der Waals surface area contributed by atoms with Crippen LogP contribution in [0.2, 0.25) is 0 Å². The van der Waals surface area contributed by atoms with Gasteiger partial charge in [0.25, 0.3) is 0 Å². The van der Waals surface area contributed by atoms with Gasteiger partial charge >= 0.3 is 5.69 Å². The number of hydrogen-bond acceptors (Lipinski definition) is 5. The zero-order chi connectivity index (χ0) is 14.5. The molecule has 0 spiro atoms. The monoisotopic (exact) mass is 289 g/mol. The third kappa shape index (κ3) is 2.97. The second-order valence-electron chi connectivity index (χ2n) is 3.86. The van der Waals surface area contributed by atoms with E-state index in [9.17, 15) is 14.9 Å². The van der Waals surface area contributed by atoms with Crippen molar-refractivity contribution in [3.63, 3.8) is 0 Å². The average Bonchev–Trinajstić information content (AvgIpc) is 2.48. The molecule has 0 aliphatic carbocycles. The molecule has 0 amide bonds. The number of carbonyl (C=O) groups excluding carboxylic acids is 1. The number of nitro benzene ring substituents is 1. The molecule has 0 unspecified atom stereocenters. The van der Waals surface area contributed by atoms with Crippen LogP contribution in [-0.2, 0) is 0 Å². The van der Waals surface area contributed by atoms with E-state index in [0.717, 1.165) is 4.90 Å². The molecule has 0 bridgehead atoms. The molecule has 2 aromatic rings. The lowest BCUT2D eigenvalue weighted by atomic mass is 10.2. The summed E-state index contributed by atoms with van der Waals surface area (Å²) in [6.45, 7) is 0. The minimum atomic E-state index is -0.565. The number of nitrogens with zero attached hydrogens (tertiary/aromatic N) is 1. The van der Waals surface area contributed by atoms with E-state index >= 15 is 0 Å². The second-order valence-corrected chi connectivity index (χ2v) is 4.70. The van der Waals surface area contributed by atoms with Gasteiger partial charge in [-0.15, -0.1) is 11.8 Å². The highest BCUT2D eigenvalue weighted by Crippen LogP contribution is 2.36. The minimum Gasteiger partial charge on any atom is -0.449 e. The predicted molar refractivity (Wildman–Crippen MR) is 76.8 cm³/mol. The van der Waals surface area contributed by atoms with Crippen molar-refractivity contribution in [2.75, 3.05) is 6.26 Å². The highest BCUT2D eigenvalue weighted by molar-refractivity contribution is 7.98. The van der Waals surface area contributed by atoms with Gasteiger partial charge in [0.2, 0.25) is 5.75 Å². The summed E-state index contributed by atoms with van der Waals surface area (Å²) in [6.07, 6.45) is 2.46. The normalized spacial score (nSPS) is 10.1. The Kier molecular flexibility index (Phi) is 4.37. The van der Waals surface area contributed by atoms with Crippen molar-refractivity contribution in [3.05, 3.63) is 58.1 Å². The lowest BCUT2D eigenvalue weighted by Crippen LogP contribution is -1.95. The Morgan fingerprint density at radius 3 is 2.60 bits per heavy atom. The summed E-state index contributed by atoms with van der Waals surface area (Å²) in [5.74, 6) is 0.657. The molecule has 0 atom stereocenters. The predicted octanol–water partition coefficient (Wildman–Crippen LogP) is 3.92. The number of ether oxygens (including phenoxy) is 1. The quantitative estimate of drug-likeness (QED) is 0.361. The number of benzene rings is 2. The van der Waals surface area contributed by atoms with E-state index in [1.165, 1.54) is 30.0 Å². The molecule has 0 aliphatic rings. The molecular weight excluding hydrogens is 278 g/mol. The van der Waals surface area contributed by atoms with Crippen LogP contribution in [0.5, 0.6) is 11.5 Å². The Morgan fingerprint density at radius 1 is 1.20 bits per heavy atom. The zero-order valence-corrected chi connectivity index (χ0v) is 11.4. The average molecular weight is 289 g/mol. The maximum absolute atomic E-state index is 11.0. The number of para-hydroxylation sites is 1. The fourth-order valence-corrected chi connectivity index (χ4v) is 2.18. The first-order chi connectivity index (χ1) is 9.65. The molecule has 0 fully saturated rings. The molecule has 6 heteroatoms. The fraction of sp³-hybridized carbons (Fsp3) is 0.0714. The van der Waals surface area contributed by atoms with Gasteiger partial charge in [-0.25, -0.2) is 0 Å². The summed E-state index contributed by atoms with van der Waals surface area (Å²) in [4.78, 5) is 22.0. The molecule has 2 rings (SSSR count).